The van der Waals surface area contributed by atoms with Crippen LogP contribution in [0.4, 0.5) is 5.69 Å². The predicted octanol–water partition coefficient (Wildman–Crippen LogP) is 6.01. The van der Waals surface area contributed by atoms with Gasteiger partial charge in [0.15, 0.2) is 0 Å². The number of carbonyl (C=O) groups excluding carboxylic acids is 1. The van der Waals surface area contributed by atoms with Crippen LogP contribution in [0.2, 0.25) is 0 Å². The highest BCUT2D eigenvalue weighted by Gasteiger charge is 2.16. The van der Waals surface area contributed by atoms with E-state index in [-0.39, 0.29) is 11.3 Å². The summed E-state index contributed by atoms with van der Waals surface area (Å²) in [6, 6.07) is 18.4. The van der Waals surface area contributed by atoms with Crippen molar-refractivity contribution in [1.82, 2.24) is 9.80 Å². The van der Waals surface area contributed by atoms with E-state index in [1.807, 2.05) is 24.3 Å². The number of hydrogen-bond acceptors (Lipinski definition) is 4. The van der Waals surface area contributed by atoms with E-state index in [1.165, 1.54) is 23.1 Å². The average molecular weight is 462 g/mol. The molecule has 33 heavy (non-hydrogen) atoms. The SMILES string of the molecule is CC(C)(C)c1ccc(NC(=O)c2ccc(CN3CCCN(Cc4ccsc4)CC3)cc2)cc1. The quantitative estimate of drug-likeness (QED) is 0.489. The molecule has 1 fully saturated rings. The van der Waals surface area contributed by atoms with Crippen molar-refractivity contribution in [2.24, 2.45) is 0 Å². The van der Waals surface area contributed by atoms with Crippen LogP contribution >= 0.6 is 11.3 Å². The molecule has 1 aliphatic rings. The Morgan fingerprint density at radius 3 is 2.06 bits per heavy atom. The minimum Gasteiger partial charge on any atom is -0.322 e. The van der Waals surface area contributed by atoms with E-state index in [0.717, 1.165) is 45.0 Å². The van der Waals surface area contributed by atoms with Crippen LogP contribution in [0.1, 0.15) is 54.2 Å². The minimum absolute atomic E-state index is 0.0658. The lowest BCUT2D eigenvalue weighted by atomic mass is 9.87. The number of carbonyl (C=O) groups is 1. The molecular formula is C28H35N3OS. The summed E-state index contributed by atoms with van der Waals surface area (Å²) in [7, 11) is 0. The monoisotopic (exact) mass is 461 g/mol. The maximum atomic E-state index is 12.7. The second-order valence-electron chi connectivity index (χ2n) is 10.0. The molecule has 0 atom stereocenters. The zero-order chi connectivity index (χ0) is 23.3. The Morgan fingerprint density at radius 1 is 0.848 bits per heavy atom. The molecule has 1 aliphatic heterocycles. The normalized spacial score (nSPS) is 15.8. The summed E-state index contributed by atoms with van der Waals surface area (Å²) in [4.78, 5) is 17.8. The molecular weight excluding hydrogens is 426 g/mol. The van der Waals surface area contributed by atoms with Gasteiger partial charge in [0.2, 0.25) is 0 Å². The fraction of sp³-hybridized carbons (Fsp3) is 0.393. The van der Waals surface area contributed by atoms with Gasteiger partial charge in [-0.2, -0.15) is 11.3 Å². The lowest BCUT2D eigenvalue weighted by Crippen LogP contribution is -2.30. The summed E-state index contributed by atoms with van der Waals surface area (Å²) in [5, 5.41) is 7.42. The van der Waals surface area contributed by atoms with Crippen LogP contribution in [0.3, 0.4) is 0 Å². The smallest absolute Gasteiger partial charge is 0.255 e. The molecule has 1 saturated heterocycles. The van der Waals surface area contributed by atoms with Crippen molar-refractivity contribution >= 4 is 22.9 Å². The summed E-state index contributed by atoms with van der Waals surface area (Å²) in [5.41, 5.74) is 5.56. The number of nitrogens with one attached hydrogen (secondary N) is 1. The van der Waals surface area contributed by atoms with Gasteiger partial charge in [0.1, 0.15) is 0 Å². The van der Waals surface area contributed by atoms with E-state index in [1.54, 1.807) is 11.3 Å². The standard InChI is InChI=1S/C28H35N3OS/c1-28(2,3)25-9-11-26(12-10-25)29-27(32)24-7-5-22(6-8-24)19-30-14-4-15-31(17-16-30)20-23-13-18-33-21-23/h5-13,18,21H,4,14-17,19-20H2,1-3H3,(H,29,32). The maximum absolute atomic E-state index is 12.7. The molecule has 0 radical (unpaired) electrons. The van der Waals surface area contributed by atoms with Gasteiger partial charge in [0.25, 0.3) is 5.91 Å². The Balaban J connectivity index is 1.28. The van der Waals surface area contributed by atoms with Gasteiger partial charge in [0, 0.05) is 37.4 Å². The number of anilines is 1. The summed E-state index contributed by atoms with van der Waals surface area (Å²) in [6.45, 7) is 13.0. The van der Waals surface area contributed by atoms with Crippen molar-refractivity contribution in [3.05, 3.63) is 87.6 Å². The first-order chi connectivity index (χ1) is 15.9. The second kappa shape index (κ2) is 10.6. The Bertz CT molecular complexity index is 1020. The molecule has 1 N–H and O–H groups in total. The molecule has 1 aromatic heterocycles. The summed E-state index contributed by atoms with van der Waals surface area (Å²) in [5.74, 6) is -0.0658. The lowest BCUT2D eigenvalue weighted by molar-refractivity contribution is 0.102. The van der Waals surface area contributed by atoms with Crippen LogP contribution in [0.15, 0.2) is 65.4 Å². The fourth-order valence-corrected chi connectivity index (χ4v) is 4.92. The van der Waals surface area contributed by atoms with Gasteiger partial charge in [-0.25, -0.2) is 0 Å². The van der Waals surface area contributed by atoms with E-state index in [0.29, 0.717) is 5.56 Å². The van der Waals surface area contributed by atoms with Crippen molar-refractivity contribution in [3.63, 3.8) is 0 Å². The van der Waals surface area contributed by atoms with Gasteiger partial charge in [-0.1, -0.05) is 45.0 Å². The molecule has 4 rings (SSSR count). The highest BCUT2D eigenvalue weighted by molar-refractivity contribution is 7.07. The average Bonchev–Trinajstić information content (AvgIpc) is 3.20. The zero-order valence-electron chi connectivity index (χ0n) is 20.0. The Kier molecular flexibility index (Phi) is 7.63. The van der Waals surface area contributed by atoms with Gasteiger partial charge in [-0.3, -0.25) is 14.6 Å². The third kappa shape index (κ3) is 6.76. The van der Waals surface area contributed by atoms with Crippen LogP contribution in [0.25, 0.3) is 0 Å². The summed E-state index contributed by atoms with van der Waals surface area (Å²) < 4.78 is 0. The highest BCUT2D eigenvalue weighted by Crippen LogP contribution is 2.23. The fourth-order valence-electron chi connectivity index (χ4n) is 4.26. The molecule has 0 aliphatic carbocycles. The van der Waals surface area contributed by atoms with E-state index in [9.17, 15) is 4.79 Å². The van der Waals surface area contributed by atoms with Crippen molar-refractivity contribution < 1.29 is 4.79 Å². The van der Waals surface area contributed by atoms with Gasteiger partial charge < -0.3 is 5.32 Å². The summed E-state index contributed by atoms with van der Waals surface area (Å²) in [6.07, 6.45) is 1.19. The van der Waals surface area contributed by atoms with Gasteiger partial charge >= 0.3 is 0 Å². The maximum Gasteiger partial charge on any atom is 0.255 e. The van der Waals surface area contributed by atoms with Crippen LogP contribution in [-0.4, -0.2) is 41.9 Å². The highest BCUT2D eigenvalue weighted by atomic mass is 32.1. The van der Waals surface area contributed by atoms with Crippen molar-refractivity contribution in [2.75, 3.05) is 31.5 Å². The first-order valence-electron chi connectivity index (χ1n) is 11.8. The lowest BCUT2D eigenvalue weighted by Gasteiger charge is -2.21. The van der Waals surface area contributed by atoms with Crippen molar-refractivity contribution in [1.29, 1.82) is 0 Å². The molecule has 0 spiro atoms. The topological polar surface area (TPSA) is 35.6 Å². The minimum atomic E-state index is -0.0658. The molecule has 2 aromatic carbocycles. The van der Waals surface area contributed by atoms with E-state index >= 15 is 0 Å². The summed E-state index contributed by atoms with van der Waals surface area (Å²) >= 11 is 1.77. The van der Waals surface area contributed by atoms with Crippen LogP contribution in [0.5, 0.6) is 0 Å². The number of amides is 1. The number of rotatable bonds is 6. The van der Waals surface area contributed by atoms with Crippen molar-refractivity contribution in [3.8, 4) is 0 Å². The molecule has 1 amide bonds. The number of hydrogen-bond donors (Lipinski definition) is 1. The molecule has 2 heterocycles. The van der Waals surface area contributed by atoms with E-state index < -0.39 is 0 Å². The molecule has 0 unspecified atom stereocenters. The number of thiophene rings is 1. The molecule has 0 saturated carbocycles. The van der Waals surface area contributed by atoms with E-state index in [2.05, 4.69) is 77.0 Å². The third-order valence-electron chi connectivity index (χ3n) is 6.30. The van der Waals surface area contributed by atoms with Crippen LogP contribution in [0, 0.1) is 0 Å². The van der Waals surface area contributed by atoms with E-state index in [4.69, 9.17) is 0 Å². The zero-order valence-corrected chi connectivity index (χ0v) is 20.8. The van der Waals surface area contributed by atoms with Gasteiger partial charge in [-0.05, 0) is 82.7 Å². The van der Waals surface area contributed by atoms with Gasteiger partial charge in [0.05, 0.1) is 0 Å². The predicted molar refractivity (Wildman–Crippen MR) is 139 cm³/mol. The number of nitrogens with zero attached hydrogens (tertiary/aromatic N) is 2. The Morgan fingerprint density at radius 2 is 1.48 bits per heavy atom. The van der Waals surface area contributed by atoms with Crippen LogP contribution in [-0.2, 0) is 18.5 Å². The molecule has 174 valence electrons. The first-order valence-corrected chi connectivity index (χ1v) is 12.8. The molecule has 4 nitrogen and oxygen atoms in total. The number of benzene rings is 2. The Hall–Kier alpha value is -2.47. The molecule has 3 aromatic rings. The largest absolute Gasteiger partial charge is 0.322 e. The van der Waals surface area contributed by atoms with Gasteiger partial charge in [-0.15, -0.1) is 0 Å². The second-order valence-corrected chi connectivity index (χ2v) is 10.8. The Labute approximate surface area is 202 Å². The van der Waals surface area contributed by atoms with Crippen LogP contribution < -0.4 is 5.32 Å². The first kappa shape index (κ1) is 23.7. The molecule has 0 bridgehead atoms. The third-order valence-corrected chi connectivity index (χ3v) is 7.03. The molecule has 5 heteroatoms. The van der Waals surface area contributed by atoms with Crippen molar-refractivity contribution in [2.45, 2.75) is 45.7 Å².